The van der Waals surface area contributed by atoms with Gasteiger partial charge in [0.1, 0.15) is 11.6 Å². The van der Waals surface area contributed by atoms with Gasteiger partial charge in [-0.3, -0.25) is 0 Å². The minimum atomic E-state index is -0.711. The summed E-state index contributed by atoms with van der Waals surface area (Å²) in [7, 11) is 0. The Morgan fingerprint density at radius 1 is 0.957 bits per heavy atom. The number of aryl methyl sites for hydroxylation is 1. The maximum atomic E-state index is 13.6. The molecule has 0 unspecified atom stereocenters. The van der Waals surface area contributed by atoms with Gasteiger partial charge < -0.3 is 10.6 Å². The van der Waals surface area contributed by atoms with Crippen molar-refractivity contribution in [1.29, 1.82) is 0 Å². The van der Waals surface area contributed by atoms with E-state index >= 15 is 0 Å². The van der Waals surface area contributed by atoms with Crippen LogP contribution in [0.5, 0.6) is 0 Å². The molecule has 0 spiro atoms. The molecule has 2 N–H and O–H groups in total. The maximum absolute atomic E-state index is 13.6. The normalized spacial score (nSPS) is 10.4. The number of benzene rings is 2. The monoisotopic (exact) mass is 313 g/mol. The lowest BCUT2D eigenvalue weighted by Gasteiger charge is -2.08. The molecule has 116 valence electrons. The van der Waals surface area contributed by atoms with Crippen LogP contribution in [0, 0.1) is 18.6 Å². The van der Waals surface area contributed by atoms with E-state index in [1.807, 2.05) is 31.2 Å². The highest BCUT2D eigenvalue weighted by molar-refractivity contribution is 5.59. The molecular formula is C16H13F2N5. The van der Waals surface area contributed by atoms with E-state index in [1.165, 1.54) is 12.3 Å². The average molecular weight is 313 g/mol. The molecule has 0 aliphatic heterocycles. The zero-order valence-electron chi connectivity index (χ0n) is 12.2. The summed E-state index contributed by atoms with van der Waals surface area (Å²) in [6.45, 7) is 1.99. The van der Waals surface area contributed by atoms with Crippen LogP contribution >= 0.6 is 0 Å². The lowest BCUT2D eigenvalue weighted by molar-refractivity contribution is 0.586. The standard InChI is InChI=1S/C16H13F2N5/c1-10-2-5-12(6-3-10)20-16-22-15(9-19-23-16)21-14-7-4-11(17)8-13(14)18/h2-9H,1H3,(H2,20,21,22,23). The Labute approximate surface area is 131 Å². The molecule has 7 heteroatoms. The summed E-state index contributed by atoms with van der Waals surface area (Å²) >= 11 is 0. The van der Waals surface area contributed by atoms with E-state index in [4.69, 9.17) is 0 Å². The molecule has 1 heterocycles. The molecule has 1 aromatic heterocycles. The zero-order valence-corrected chi connectivity index (χ0v) is 12.2. The number of anilines is 4. The molecule has 2 aromatic carbocycles. The Hall–Kier alpha value is -3.09. The summed E-state index contributed by atoms with van der Waals surface area (Å²) in [6, 6.07) is 10.9. The molecule has 0 saturated heterocycles. The Bertz CT molecular complexity index is 821. The van der Waals surface area contributed by atoms with E-state index in [1.54, 1.807) is 0 Å². The highest BCUT2D eigenvalue weighted by atomic mass is 19.1. The number of nitrogens with one attached hydrogen (secondary N) is 2. The van der Waals surface area contributed by atoms with Crippen LogP contribution in [0.4, 0.5) is 31.9 Å². The number of hydrogen-bond donors (Lipinski definition) is 2. The fraction of sp³-hybridized carbons (Fsp3) is 0.0625. The third kappa shape index (κ3) is 3.76. The first-order chi connectivity index (χ1) is 11.1. The first kappa shape index (κ1) is 14.8. The van der Waals surface area contributed by atoms with E-state index in [0.717, 1.165) is 23.4 Å². The summed E-state index contributed by atoms with van der Waals surface area (Å²) in [5.41, 5.74) is 2.05. The molecule has 5 nitrogen and oxygen atoms in total. The van der Waals surface area contributed by atoms with Gasteiger partial charge in [0.2, 0.25) is 5.95 Å². The van der Waals surface area contributed by atoms with Crippen LogP contribution in [0.25, 0.3) is 0 Å². The predicted octanol–water partition coefficient (Wildman–Crippen LogP) is 3.95. The van der Waals surface area contributed by atoms with Crippen LogP contribution in [0.3, 0.4) is 0 Å². The Balaban J connectivity index is 1.78. The summed E-state index contributed by atoms with van der Waals surface area (Å²) in [6.07, 6.45) is 1.35. The Morgan fingerprint density at radius 3 is 2.48 bits per heavy atom. The van der Waals surface area contributed by atoms with Gasteiger partial charge in [0.05, 0.1) is 11.9 Å². The van der Waals surface area contributed by atoms with Crippen molar-refractivity contribution in [3.05, 3.63) is 65.9 Å². The SMILES string of the molecule is Cc1ccc(Nc2nncc(Nc3ccc(F)cc3F)n2)cc1. The molecule has 0 aliphatic carbocycles. The second-order valence-electron chi connectivity index (χ2n) is 4.91. The quantitative estimate of drug-likeness (QED) is 0.764. The lowest BCUT2D eigenvalue weighted by atomic mass is 10.2. The van der Waals surface area contributed by atoms with Gasteiger partial charge in [-0.2, -0.15) is 10.1 Å². The van der Waals surface area contributed by atoms with Crippen molar-refractivity contribution in [2.75, 3.05) is 10.6 Å². The molecule has 0 saturated carbocycles. The minimum Gasteiger partial charge on any atom is -0.336 e. The van der Waals surface area contributed by atoms with Gasteiger partial charge >= 0.3 is 0 Å². The summed E-state index contributed by atoms with van der Waals surface area (Å²) in [4.78, 5) is 4.19. The van der Waals surface area contributed by atoms with Crippen molar-refractivity contribution >= 4 is 23.1 Å². The van der Waals surface area contributed by atoms with Crippen molar-refractivity contribution < 1.29 is 8.78 Å². The third-order valence-electron chi connectivity index (χ3n) is 3.06. The van der Waals surface area contributed by atoms with Crippen LogP contribution in [0.1, 0.15) is 5.56 Å². The number of hydrogen-bond acceptors (Lipinski definition) is 5. The van der Waals surface area contributed by atoms with Crippen LogP contribution in [0.15, 0.2) is 48.7 Å². The van der Waals surface area contributed by atoms with Gasteiger partial charge in [-0.1, -0.05) is 17.7 Å². The highest BCUT2D eigenvalue weighted by Gasteiger charge is 2.06. The Kier molecular flexibility index (Phi) is 4.09. The summed E-state index contributed by atoms with van der Waals surface area (Å²) < 4.78 is 26.5. The fourth-order valence-corrected chi connectivity index (χ4v) is 1.91. The molecule has 0 amide bonds. The molecule has 0 fully saturated rings. The van der Waals surface area contributed by atoms with E-state index in [2.05, 4.69) is 25.8 Å². The largest absolute Gasteiger partial charge is 0.336 e. The molecular weight excluding hydrogens is 300 g/mol. The van der Waals surface area contributed by atoms with Crippen molar-refractivity contribution in [3.63, 3.8) is 0 Å². The van der Waals surface area contributed by atoms with Crippen LogP contribution in [-0.4, -0.2) is 15.2 Å². The molecule has 23 heavy (non-hydrogen) atoms. The van der Waals surface area contributed by atoms with Gasteiger partial charge in [-0.25, -0.2) is 8.78 Å². The third-order valence-corrected chi connectivity index (χ3v) is 3.06. The van der Waals surface area contributed by atoms with E-state index < -0.39 is 11.6 Å². The average Bonchev–Trinajstić information content (AvgIpc) is 2.53. The summed E-state index contributed by atoms with van der Waals surface area (Å²) in [5.74, 6) is -0.797. The van der Waals surface area contributed by atoms with Crippen molar-refractivity contribution in [2.24, 2.45) is 0 Å². The zero-order chi connectivity index (χ0) is 16.2. The van der Waals surface area contributed by atoms with Crippen molar-refractivity contribution in [2.45, 2.75) is 6.92 Å². The van der Waals surface area contributed by atoms with Crippen molar-refractivity contribution in [3.8, 4) is 0 Å². The van der Waals surface area contributed by atoms with Gasteiger partial charge in [-0.05, 0) is 31.2 Å². The van der Waals surface area contributed by atoms with E-state index in [-0.39, 0.29) is 11.6 Å². The molecule has 3 aromatic rings. The first-order valence-corrected chi connectivity index (χ1v) is 6.86. The summed E-state index contributed by atoms with van der Waals surface area (Å²) in [5, 5.41) is 13.4. The van der Waals surface area contributed by atoms with Crippen LogP contribution < -0.4 is 10.6 Å². The van der Waals surface area contributed by atoms with Gasteiger partial charge in [0.15, 0.2) is 5.82 Å². The first-order valence-electron chi connectivity index (χ1n) is 6.86. The van der Waals surface area contributed by atoms with Gasteiger partial charge in [0.25, 0.3) is 0 Å². The van der Waals surface area contributed by atoms with E-state index in [9.17, 15) is 8.78 Å². The molecule has 0 aliphatic rings. The fourth-order valence-electron chi connectivity index (χ4n) is 1.91. The van der Waals surface area contributed by atoms with E-state index in [0.29, 0.717) is 5.82 Å². The van der Waals surface area contributed by atoms with Crippen LogP contribution in [-0.2, 0) is 0 Å². The second kappa shape index (κ2) is 6.35. The van der Waals surface area contributed by atoms with Gasteiger partial charge in [-0.15, -0.1) is 5.10 Å². The number of aromatic nitrogens is 3. The minimum absolute atomic E-state index is 0.105. The maximum Gasteiger partial charge on any atom is 0.249 e. The highest BCUT2D eigenvalue weighted by Crippen LogP contribution is 2.20. The smallest absolute Gasteiger partial charge is 0.249 e. The topological polar surface area (TPSA) is 62.7 Å². The molecule has 0 radical (unpaired) electrons. The number of nitrogens with zero attached hydrogens (tertiary/aromatic N) is 3. The lowest BCUT2D eigenvalue weighted by Crippen LogP contribution is -2.03. The van der Waals surface area contributed by atoms with Crippen LogP contribution in [0.2, 0.25) is 0 Å². The van der Waals surface area contributed by atoms with Crippen molar-refractivity contribution in [1.82, 2.24) is 15.2 Å². The molecule has 3 rings (SSSR count). The Morgan fingerprint density at radius 2 is 1.74 bits per heavy atom. The molecule has 0 bridgehead atoms. The number of halogens is 2. The molecule has 0 atom stereocenters. The van der Waals surface area contributed by atoms with Gasteiger partial charge in [0, 0.05) is 11.8 Å². The predicted molar refractivity (Wildman–Crippen MR) is 83.9 cm³/mol. The number of rotatable bonds is 4. The second-order valence-corrected chi connectivity index (χ2v) is 4.91.